The Morgan fingerprint density at radius 3 is 3.00 bits per heavy atom. The third kappa shape index (κ3) is 1.19. The minimum absolute atomic E-state index is 0.226. The Morgan fingerprint density at radius 1 is 1.50 bits per heavy atom. The highest BCUT2D eigenvalue weighted by Gasteiger charge is 2.34. The normalized spacial score (nSPS) is 41.8. The maximum atomic E-state index is 9.43. The van der Waals surface area contributed by atoms with E-state index in [0.717, 1.165) is 24.3 Å². The number of ether oxygens (including phenoxy) is 1. The fraction of sp³-hybridized carbons (Fsp3) is 0.800. The van der Waals surface area contributed by atoms with Gasteiger partial charge in [0.1, 0.15) is 0 Å². The first-order valence-electron chi connectivity index (χ1n) is 4.71. The molecule has 1 saturated carbocycles. The van der Waals surface area contributed by atoms with E-state index in [2.05, 4.69) is 6.92 Å². The molecule has 12 heavy (non-hydrogen) atoms. The molecule has 1 unspecified atom stereocenters. The molecule has 0 aromatic rings. The number of hydrogen-bond acceptors (Lipinski definition) is 2. The Bertz CT molecular complexity index is 220. The SMILES string of the molecule is CC1=C2CC[C@@H](C)C[C@H]2OC1O. The number of fused-ring (bicyclic) bond motifs is 1. The van der Waals surface area contributed by atoms with Crippen molar-refractivity contribution in [3.05, 3.63) is 11.1 Å². The van der Waals surface area contributed by atoms with E-state index < -0.39 is 6.29 Å². The van der Waals surface area contributed by atoms with Gasteiger partial charge in [-0.1, -0.05) is 6.92 Å². The second-order valence-corrected chi connectivity index (χ2v) is 4.06. The Kier molecular flexibility index (Phi) is 1.97. The van der Waals surface area contributed by atoms with E-state index >= 15 is 0 Å². The largest absolute Gasteiger partial charge is 0.364 e. The highest BCUT2D eigenvalue weighted by atomic mass is 16.6. The van der Waals surface area contributed by atoms with Crippen LogP contribution in [0.15, 0.2) is 11.1 Å². The molecule has 0 saturated heterocycles. The zero-order valence-corrected chi connectivity index (χ0v) is 7.71. The van der Waals surface area contributed by atoms with Gasteiger partial charge in [0.15, 0.2) is 6.29 Å². The molecule has 68 valence electrons. The van der Waals surface area contributed by atoms with Crippen LogP contribution in [0.4, 0.5) is 0 Å². The lowest BCUT2D eigenvalue weighted by molar-refractivity contribution is -0.0882. The lowest BCUT2D eigenvalue weighted by Gasteiger charge is -2.25. The maximum absolute atomic E-state index is 9.43. The third-order valence-electron chi connectivity index (χ3n) is 3.08. The molecule has 0 radical (unpaired) electrons. The minimum atomic E-state index is -0.615. The summed E-state index contributed by atoms with van der Waals surface area (Å²) >= 11 is 0. The summed E-state index contributed by atoms with van der Waals surface area (Å²) in [5, 5.41) is 9.43. The van der Waals surface area contributed by atoms with Crippen LogP contribution < -0.4 is 0 Å². The smallest absolute Gasteiger partial charge is 0.177 e. The average molecular weight is 168 g/mol. The number of aliphatic hydroxyl groups excluding tert-OH is 1. The van der Waals surface area contributed by atoms with Gasteiger partial charge in [-0.25, -0.2) is 0 Å². The van der Waals surface area contributed by atoms with Gasteiger partial charge in [-0.3, -0.25) is 0 Å². The Morgan fingerprint density at radius 2 is 2.25 bits per heavy atom. The summed E-state index contributed by atoms with van der Waals surface area (Å²) in [4.78, 5) is 0. The van der Waals surface area contributed by atoms with Crippen LogP contribution in [-0.2, 0) is 4.74 Å². The summed E-state index contributed by atoms with van der Waals surface area (Å²) < 4.78 is 5.43. The summed E-state index contributed by atoms with van der Waals surface area (Å²) in [6.07, 6.45) is 3.07. The fourth-order valence-corrected chi connectivity index (χ4v) is 2.19. The first-order chi connectivity index (χ1) is 5.68. The van der Waals surface area contributed by atoms with Crippen molar-refractivity contribution < 1.29 is 9.84 Å². The summed E-state index contributed by atoms with van der Waals surface area (Å²) in [6, 6.07) is 0. The lowest BCUT2D eigenvalue weighted by Crippen LogP contribution is -2.21. The molecule has 1 aliphatic heterocycles. The van der Waals surface area contributed by atoms with E-state index in [1.807, 2.05) is 6.92 Å². The molecule has 2 rings (SSSR count). The van der Waals surface area contributed by atoms with Crippen molar-refractivity contribution in [1.29, 1.82) is 0 Å². The Labute approximate surface area is 73.2 Å². The number of rotatable bonds is 0. The molecule has 0 bridgehead atoms. The zero-order chi connectivity index (χ0) is 8.72. The van der Waals surface area contributed by atoms with Gasteiger partial charge in [0.05, 0.1) is 6.10 Å². The van der Waals surface area contributed by atoms with Gasteiger partial charge >= 0.3 is 0 Å². The topological polar surface area (TPSA) is 29.5 Å². The first-order valence-corrected chi connectivity index (χ1v) is 4.71. The summed E-state index contributed by atoms with van der Waals surface area (Å²) in [6.45, 7) is 4.23. The van der Waals surface area contributed by atoms with Crippen molar-refractivity contribution in [3.63, 3.8) is 0 Å². The highest BCUT2D eigenvalue weighted by molar-refractivity contribution is 5.25. The molecule has 1 N–H and O–H groups in total. The average Bonchev–Trinajstić information content (AvgIpc) is 2.28. The highest BCUT2D eigenvalue weighted by Crippen LogP contribution is 2.38. The van der Waals surface area contributed by atoms with Gasteiger partial charge in [-0.05, 0) is 43.3 Å². The van der Waals surface area contributed by atoms with Crippen LogP contribution in [0.5, 0.6) is 0 Å². The van der Waals surface area contributed by atoms with Crippen LogP contribution in [0, 0.1) is 5.92 Å². The van der Waals surface area contributed by atoms with E-state index in [-0.39, 0.29) is 6.10 Å². The predicted octanol–water partition coefficient (Wildman–Crippen LogP) is 1.84. The van der Waals surface area contributed by atoms with Crippen LogP contribution in [-0.4, -0.2) is 17.5 Å². The summed E-state index contributed by atoms with van der Waals surface area (Å²) in [5.74, 6) is 0.747. The van der Waals surface area contributed by atoms with Crippen molar-refractivity contribution >= 4 is 0 Å². The molecule has 2 heteroatoms. The molecular weight excluding hydrogens is 152 g/mol. The molecule has 0 amide bonds. The molecule has 0 aromatic carbocycles. The molecule has 2 nitrogen and oxygen atoms in total. The van der Waals surface area contributed by atoms with Crippen molar-refractivity contribution in [3.8, 4) is 0 Å². The fourth-order valence-electron chi connectivity index (χ4n) is 2.19. The predicted molar refractivity (Wildman–Crippen MR) is 46.6 cm³/mol. The molecule has 1 aliphatic carbocycles. The van der Waals surface area contributed by atoms with E-state index in [0.29, 0.717) is 0 Å². The zero-order valence-electron chi connectivity index (χ0n) is 7.71. The molecular formula is C10H16O2. The standard InChI is InChI=1S/C10H16O2/c1-6-3-4-8-7(2)10(11)12-9(8)5-6/h6,9-11H,3-5H2,1-2H3/t6-,9-,10?/m1/s1. The molecule has 2 aliphatic rings. The van der Waals surface area contributed by atoms with E-state index in [1.54, 1.807) is 0 Å². The van der Waals surface area contributed by atoms with Crippen LogP contribution in [0.1, 0.15) is 33.1 Å². The summed E-state index contributed by atoms with van der Waals surface area (Å²) in [5.41, 5.74) is 2.42. The molecule has 3 atom stereocenters. The van der Waals surface area contributed by atoms with Crippen molar-refractivity contribution in [2.75, 3.05) is 0 Å². The van der Waals surface area contributed by atoms with Gasteiger partial charge in [0.25, 0.3) is 0 Å². The number of aliphatic hydroxyl groups is 1. The Hall–Kier alpha value is -0.340. The van der Waals surface area contributed by atoms with Gasteiger partial charge < -0.3 is 9.84 Å². The van der Waals surface area contributed by atoms with E-state index in [4.69, 9.17) is 4.74 Å². The number of hydrogen-bond donors (Lipinski definition) is 1. The van der Waals surface area contributed by atoms with Crippen LogP contribution >= 0.6 is 0 Å². The molecule has 0 spiro atoms. The second-order valence-electron chi connectivity index (χ2n) is 4.06. The second kappa shape index (κ2) is 2.86. The maximum Gasteiger partial charge on any atom is 0.177 e. The van der Waals surface area contributed by atoms with Crippen LogP contribution in [0.25, 0.3) is 0 Å². The van der Waals surface area contributed by atoms with Gasteiger partial charge in [-0.15, -0.1) is 0 Å². The van der Waals surface area contributed by atoms with Crippen LogP contribution in [0.2, 0.25) is 0 Å². The quantitative estimate of drug-likeness (QED) is 0.559. The Balaban J connectivity index is 2.18. The van der Waals surface area contributed by atoms with Crippen molar-refractivity contribution in [2.45, 2.75) is 45.5 Å². The van der Waals surface area contributed by atoms with Gasteiger partial charge in [0, 0.05) is 0 Å². The van der Waals surface area contributed by atoms with Gasteiger partial charge in [0.2, 0.25) is 0 Å². The van der Waals surface area contributed by atoms with E-state index in [9.17, 15) is 5.11 Å². The molecule has 0 aromatic heterocycles. The van der Waals surface area contributed by atoms with Crippen molar-refractivity contribution in [1.82, 2.24) is 0 Å². The van der Waals surface area contributed by atoms with Crippen LogP contribution in [0.3, 0.4) is 0 Å². The van der Waals surface area contributed by atoms with Crippen molar-refractivity contribution in [2.24, 2.45) is 5.92 Å². The van der Waals surface area contributed by atoms with Gasteiger partial charge in [-0.2, -0.15) is 0 Å². The molecule has 1 heterocycles. The monoisotopic (exact) mass is 168 g/mol. The summed E-state index contributed by atoms with van der Waals surface area (Å²) in [7, 11) is 0. The first kappa shape index (κ1) is 8.27. The molecule has 1 fully saturated rings. The lowest BCUT2D eigenvalue weighted by atomic mass is 9.84. The van der Waals surface area contributed by atoms with E-state index in [1.165, 1.54) is 12.0 Å². The minimum Gasteiger partial charge on any atom is -0.364 e. The third-order valence-corrected chi connectivity index (χ3v) is 3.08.